The molecule has 41 heavy (non-hydrogen) atoms. The number of likely N-dealkylation sites (tertiary alicyclic amines) is 1. The molecule has 0 radical (unpaired) electrons. The first-order valence-corrected chi connectivity index (χ1v) is 14.2. The maximum atomic E-state index is 12.9. The number of benzene rings is 1. The van der Waals surface area contributed by atoms with Crippen molar-refractivity contribution in [2.24, 2.45) is 11.8 Å². The van der Waals surface area contributed by atoms with E-state index >= 15 is 0 Å². The number of carbonyl (C=O) groups excluding carboxylic acids is 4. The maximum absolute atomic E-state index is 12.9. The third-order valence-corrected chi connectivity index (χ3v) is 6.99. The zero-order valence-electron chi connectivity index (χ0n) is 24.4. The van der Waals surface area contributed by atoms with E-state index in [0.717, 1.165) is 12.8 Å². The predicted molar refractivity (Wildman–Crippen MR) is 147 cm³/mol. The van der Waals surface area contributed by atoms with Crippen molar-refractivity contribution in [2.75, 3.05) is 39.4 Å². The van der Waals surface area contributed by atoms with Crippen LogP contribution in [0.3, 0.4) is 0 Å². The van der Waals surface area contributed by atoms with E-state index in [1.807, 2.05) is 6.07 Å². The fraction of sp³-hybridized carbons (Fsp3) is 0.633. The molecule has 1 aromatic rings. The largest absolute Gasteiger partial charge is 0.528 e. The van der Waals surface area contributed by atoms with E-state index < -0.39 is 23.6 Å². The normalized spacial score (nSPS) is 19.1. The van der Waals surface area contributed by atoms with Crippen LogP contribution in [0.4, 0.5) is 4.79 Å². The smallest absolute Gasteiger partial charge is 0.464 e. The first-order chi connectivity index (χ1) is 19.4. The van der Waals surface area contributed by atoms with Gasteiger partial charge in [-0.05, 0) is 58.6 Å². The lowest BCUT2D eigenvalue weighted by molar-refractivity contribution is -0.169. The summed E-state index contributed by atoms with van der Waals surface area (Å²) in [6.45, 7) is 9.13. The molecule has 2 aliphatic heterocycles. The number of piperidine rings is 2. The Balaban J connectivity index is 1.31. The molecule has 11 nitrogen and oxygen atoms in total. The lowest BCUT2D eigenvalue weighted by Crippen LogP contribution is -2.44. The van der Waals surface area contributed by atoms with Crippen LogP contribution >= 0.6 is 0 Å². The molecule has 2 heterocycles. The predicted octanol–water partition coefficient (Wildman–Crippen LogP) is 3.90. The summed E-state index contributed by atoms with van der Waals surface area (Å²) in [6.07, 6.45) is 2.03. The Labute approximate surface area is 241 Å². The molecule has 1 amide bonds. The molecule has 224 valence electrons. The van der Waals surface area contributed by atoms with Gasteiger partial charge in [-0.3, -0.25) is 9.59 Å². The van der Waals surface area contributed by atoms with Crippen molar-refractivity contribution < 1.29 is 38.2 Å². The van der Waals surface area contributed by atoms with E-state index in [1.165, 1.54) is 0 Å². The summed E-state index contributed by atoms with van der Waals surface area (Å²) >= 11 is 0. The van der Waals surface area contributed by atoms with Crippen molar-refractivity contribution in [3.8, 4) is 6.07 Å². The van der Waals surface area contributed by atoms with Crippen LogP contribution in [-0.2, 0) is 28.6 Å². The summed E-state index contributed by atoms with van der Waals surface area (Å²) in [5.41, 5.74) is 0.324. The van der Waals surface area contributed by atoms with Crippen LogP contribution in [0.2, 0.25) is 0 Å². The Hall–Kier alpha value is -3.49. The first-order valence-electron chi connectivity index (χ1n) is 14.2. The molecular weight excluding hydrogens is 530 g/mol. The van der Waals surface area contributed by atoms with Gasteiger partial charge in [0.15, 0.2) is 5.78 Å². The molecule has 1 unspecified atom stereocenters. The second-order valence-electron chi connectivity index (χ2n) is 11.7. The van der Waals surface area contributed by atoms with Crippen LogP contribution in [0.15, 0.2) is 24.3 Å². The SMILES string of the molecule is C[C@H](CC(=O)c1ccc(C#N)cc1)C(=O)N1CCC(OCC(=O)OCC2CCCN(OC(=O)OC(C)(C)C)C2)CC1. The molecule has 11 heteroatoms. The van der Waals surface area contributed by atoms with E-state index in [1.54, 1.807) is 61.9 Å². The van der Waals surface area contributed by atoms with Gasteiger partial charge in [-0.1, -0.05) is 19.1 Å². The molecule has 2 aliphatic rings. The van der Waals surface area contributed by atoms with Gasteiger partial charge in [0.25, 0.3) is 0 Å². The molecule has 3 rings (SSSR count). The van der Waals surface area contributed by atoms with Crippen molar-refractivity contribution in [3.63, 3.8) is 0 Å². The number of hydrogen-bond donors (Lipinski definition) is 0. The lowest BCUT2D eigenvalue weighted by Gasteiger charge is -2.33. The molecular formula is C30H41N3O8. The monoisotopic (exact) mass is 571 g/mol. The molecule has 0 spiro atoms. The van der Waals surface area contributed by atoms with Gasteiger partial charge in [0.1, 0.15) is 12.2 Å². The van der Waals surface area contributed by atoms with Gasteiger partial charge < -0.3 is 23.9 Å². The number of hydrogen-bond acceptors (Lipinski definition) is 10. The third-order valence-electron chi connectivity index (χ3n) is 6.99. The topological polar surface area (TPSA) is 135 Å². The minimum Gasteiger partial charge on any atom is -0.464 e. The zero-order valence-corrected chi connectivity index (χ0v) is 24.4. The molecule has 0 N–H and O–H groups in total. The number of esters is 1. The van der Waals surface area contributed by atoms with Crippen LogP contribution in [0.5, 0.6) is 0 Å². The molecule has 0 bridgehead atoms. The van der Waals surface area contributed by atoms with Gasteiger partial charge in [-0.2, -0.15) is 5.26 Å². The van der Waals surface area contributed by atoms with E-state index in [0.29, 0.717) is 50.1 Å². The Morgan fingerprint density at radius 1 is 1.05 bits per heavy atom. The second kappa shape index (κ2) is 14.9. The highest BCUT2D eigenvalue weighted by molar-refractivity contribution is 5.98. The molecule has 1 aromatic carbocycles. The highest BCUT2D eigenvalue weighted by Gasteiger charge is 2.29. The maximum Gasteiger partial charge on any atom is 0.528 e. The van der Waals surface area contributed by atoms with Gasteiger partial charge >= 0.3 is 12.1 Å². The van der Waals surface area contributed by atoms with Crippen LogP contribution in [0.25, 0.3) is 0 Å². The number of ether oxygens (including phenoxy) is 3. The van der Waals surface area contributed by atoms with Gasteiger partial charge in [-0.25, -0.2) is 9.59 Å². The average molecular weight is 572 g/mol. The van der Waals surface area contributed by atoms with E-state index in [4.69, 9.17) is 24.3 Å². The fourth-order valence-electron chi connectivity index (χ4n) is 4.83. The Morgan fingerprint density at radius 3 is 2.37 bits per heavy atom. The van der Waals surface area contributed by atoms with E-state index in [2.05, 4.69) is 0 Å². The van der Waals surface area contributed by atoms with Gasteiger partial charge in [-0.15, -0.1) is 5.06 Å². The number of amides is 1. The van der Waals surface area contributed by atoms with Crippen molar-refractivity contribution >= 4 is 23.8 Å². The van der Waals surface area contributed by atoms with Gasteiger partial charge in [0.05, 0.1) is 24.3 Å². The molecule has 2 saturated heterocycles. The molecule has 2 atom stereocenters. The summed E-state index contributed by atoms with van der Waals surface area (Å²) in [6, 6.07) is 8.42. The summed E-state index contributed by atoms with van der Waals surface area (Å²) in [7, 11) is 0. The van der Waals surface area contributed by atoms with E-state index in [9.17, 15) is 19.2 Å². The summed E-state index contributed by atoms with van der Waals surface area (Å²) in [5.74, 6) is -1.10. The molecule has 0 aliphatic carbocycles. The summed E-state index contributed by atoms with van der Waals surface area (Å²) in [4.78, 5) is 56.7. The number of Topliss-reactive ketones (excluding diaryl/α,β-unsaturated/α-hetero) is 1. The highest BCUT2D eigenvalue weighted by atomic mass is 16.8. The second-order valence-corrected chi connectivity index (χ2v) is 11.7. The van der Waals surface area contributed by atoms with Crippen molar-refractivity contribution in [3.05, 3.63) is 35.4 Å². The standard InChI is InChI=1S/C30H41N3O8/c1-21(16-26(34)24-9-7-22(17-31)8-10-24)28(36)32-14-11-25(12-15-32)38-20-27(35)39-19-23-6-5-13-33(18-23)41-29(37)40-30(2,3)4/h7-10,21,23,25H,5-6,11-16,18-20H2,1-4H3/t21-,23?/m1/s1. The number of hydroxylamine groups is 2. The molecule has 0 aromatic heterocycles. The molecule has 0 saturated carbocycles. The van der Waals surface area contributed by atoms with E-state index in [-0.39, 0.29) is 43.3 Å². The Kier molecular flexibility index (Phi) is 11.7. The average Bonchev–Trinajstić information content (AvgIpc) is 2.94. The highest BCUT2D eigenvalue weighted by Crippen LogP contribution is 2.21. The third kappa shape index (κ3) is 10.8. The number of rotatable bonds is 10. The van der Waals surface area contributed by atoms with Gasteiger partial charge in [0.2, 0.25) is 5.91 Å². The van der Waals surface area contributed by atoms with Crippen LogP contribution in [-0.4, -0.2) is 84.9 Å². The minimum absolute atomic E-state index is 0.0372. The summed E-state index contributed by atoms with van der Waals surface area (Å²) in [5, 5.41) is 10.4. The van der Waals surface area contributed by atoms with Crippen molar-refractivity contribution in [1.29, 1.82) is 5.26 Å². The molecule has 2 fully saturated rings. The quantitative estimate of drug-likeness (QED) is 0.300. The first kappa shape index (κ1) is 32.0. The fourth-order valence-corrected chi connectivity index (χ4v) is 4.83. The van der Waals surface area contributed by atoms with Gasteiger partial charge in [0, 0.05) is 50.0 Å². The number of nitrogens with zero attached hydrogens (tertiary/aromatic N) is 3. The van der Waals surface area contributed by atoms with Crippen molar-refractivity contribution in [1.82, 2.24) is 9.96 Å². The number of ketones is 1. The Bertz CT molecular complexity index is 1100. The Morgan fingerprint density at radius 2 is 1.73 bits per heavy atom. The van der Waals surface area contributed by atoms with Crippen LogP contribution in [0.1, 0.15) is 75.7 Å². The van der Waals surface area contributed by atoms with Crippen LogP contribution in [0, 0.1) is 23.2 Å². The number of nitriles is 1. The lowest BCUT2D eigenvalue weighted by atomic mass is 9.97. The van der Waals surface area contributed by atoms with Crippen LogP contribution < -0.4 is 0 Å². The minimum atomic E-state index is -0.748. The summed E-state index contributed by atoms with van der Waals surface area (Å²) < 4.78 is 16.3. The zero-order chi connectivity index (χ0) is 30.0. The number of carbonyl (C=O) groups is 4. The van der Waals surface area contributed by atoms with Crippen molar-refractivity contribution in [2.45, 2.75) is 71.5 Å².